The highest BCUT2D eigenvalue weighted by Gasteiger charge is 2.31. The van der Waals surface area contributed by atoms with Gasteiger partial charge in [0.2, 0.25) is 17.7 Å². The summed E-state index contributed by atoms with van der Waals surface area (Å²) in [6, 6.07) is 2.88. The first-order valence-electron chi connectivity index (χ1n) is 13.1. The fraction of sp³-hybridized carbons (Fsp3) is 0.519. The van der Waals surface area contributed by atoms with Crippen molar-refractivity contribution in [3.63, 3.8) is 0 Å². The number of amides is 3. The smallest absolute Gasteiger partial charge is 0.326 e. The number of H-pyrrole nitrogens is 1. The fourth-order valence-corrected chi connectivity index (χ4v) is 4.65. The molecule has 0 radical (unpaired) electrons. The summed E-state index contributed by atoms with van der Waals surface area (Å²) < 4.78 is 0. The van der Waals surface area contributed by atoms with E-state index in [1.165, 1.54) is 11.8 Å². The summed E-state index contributed by atoms with van der Waals surface area (Å²) in [7, 11) is 0. The van der Waals surface area contributed by atoms with Crippen LogP contribution < -0.4 is 21.7 Å². The van der Waals surface area contributed by atoms with E-state index in [1.807, 2.05) is 30.5 Å². The Morgan fingerprint density at radius 2 is 1.55 bits per heavy atom. The molecule has 0 bridgehead atoms. The number of carboxylic acids is 2. The van der Waals surface area contributed by atoms with Crippen LogP contribution in [-0.4, -0.2) is 81.0 Å². The lowest BCUT2D eigenvalue weighted by atomic mass is 10.0. The minimum Gasteiger partial charge on any atom is -0.481 e. The normalized spacial score (nSPS) is 14.2. The van der Waals surface area contributed by atoms with Crippen LogP contribution in [0, 0.1) is 5.92 Å². The Bertz CT molecular complexity index is 1180. The number of nitrogens with one attached hydrogen (secondary N) is 4. The molecule has 0 aliphatic heterocycles. The number of rotatable bonds is 17. The Morgan fingerprint density at radius 3 is 2.17 bits per heavy atom. The number of aromatic amines is 1. The molecule has 0 saturated carbocycles. The molecule has 13 heteroatoms. The molecule has 0 aliphatic carbocycles. The highest BCUT2D eigenvalue weighted by Crippen LogP contribution is 2.19. The summed E-state index contributed by atoms with van der Waals surface area (Å²) in [4.78, 5) is 65.5. The van der Waals surface area contributed by atoms with Crippen molar-refractivity contribution in [2.75, 3.05) is 12.0 Å². The van der Waals surface area contributed by atoms with Crippen LogP contribution in [0.5, 0.6) is 0 Å². The molecule has 8 N–H and O–H groups in total. The number of fused-ring (bicyclic) bond motifs is 1. The van der Waals surface area contributed by atoms with Gasteiger partial charge >= 0.3 is 11.9 Å². The van der Waals surface area contributed by atoms with Crippen molar-refractivity contribution in [2.45, 2.75) is 70.1 Å². The Balaban J connectivity index is 2.30. The summed E-state index contributed by atoms with van der Waals surface area (Å²) in [6.07, 6.45) is 3.49. The Labute approximate surface area is 237 Å². The second-order valence-corrected chi connectivity index (χ2v) is 11.0. The van der Waals surface area contributed by atoms with Crippen LogP contribution in [0.1, 0.15) is 45.1 Å². The number of para-hydroxylation sites is 1. The third-order valence-electron chi connectivity index (χ3n) is 6.30. The van der Waals surface area contributed by atoms with E-state index in [4.69, 9.17) is 5.73 Å². The number of carboxylic acid groups (broad SMARTS) is 2. The second kappa shape index (κ2) is 15.9. The van der Waals surface area contributed by atoms with Gasteiger partial charge in [-0.1, -0.05) is 32.0 Å². The van der Waals surface area contributed by atoms with Crippen molar-refractivity contribution in [3.05, 3.63) is 36.0 Å². The van der Waals surface area contributed by atoms with Gasteiger partial charge in [0.05, 0.1) is 6.04 Å². The molecule has 40 heavy (non-hydrogen) atoms. The molecule has 0 spiro atoms. The zero-order chi connectivity index (χ0) is 29.8. The minimum atomic E-state index is -1.34. The quantitative estimate of drug-likeness (QED) is 0.144. The number of carbonyl (C=O) groups excluding carboxylic acids is 3. The average molecular weight is 578 g/mol. The number of aromatic nitrogens is 1. The second-order valence-electron chi connectivity index (χ2n) is 10.0. The van der Waals surface area contributed by atoms with Crippen molar-refractivity contribution in [1.82, 2.24) is 20.9 Å². The lowest BCUT2D eigenvalue weighted by Crippen LogP contribution is -2.57. The van der Waals surface area contributed by atoms with E-state index in [2.05, 4.69) is 20.9 Å². The molecule has 4 atom stereocenters. The molecule has 3 amide bonds. The van der Waals surface area contributed by atoms with Crippen LogP contribution in [0.3, 0.4) is 0 Å². The van der Waals surface area contributed by atoms with Crippen LogP contribution in [0.25, 0.3) is 10.9 Å². The zero-order valence-corrected chi connectivity index (χ0v) is 23.8. The lowest BCUT2D eigenvalue weighted by molar-refractivity contribution is -0.143. The summed E-state index contributed by atoms with van der Waals surface area (Å²) in [6.45, 7) is 3.60. The van der Waals surface area contributed by atoms with E-state index in [9.17, 15) is 34.2 Å². The zero-order valence-electron chi connectivity index (χ0n) is 22.9. The largest absolute Gasteiger partial charge is 0.481 e. The summed E-state index contributed by atoms with van der Waals surface area (Å²) in [5.74, 6) is -3.91. The third kappa shape index (κ3) is 10.2. The molecular formula is C27H39N5O7S. The Kier molecular flexibility index (Phi) is 12.9. The molecule has 0 aliphatic rings. The predicted octanol–water partition coefficient (Wildman–Crippen LogP) is 1.24. The molecule has 1 aromatic heterocycles. The maximum Gasteiger partial charge on any atom is 0.326 e. The number of nitrogens with two attached hydrogens (primary N) is 1. The van der Waals surface area contributed by atoms with Crippen LogP contribution in [0.2, 0.25) is 0 Å². The van der Waals surface area contributed by atoms with Gasteiger partial charge in [0.15, 0.2) is 0 Å². The highest BCUT2D eigenvalue weighted by molar-refractivity contribution is 7.98. The Hall–Kier alpha value is -3.58. The van der Waals surface area contributed by atoms with E-state index in [0.717, 1.165) is 16.5 Å². The lowest BCUT2D eigenvalue weighted by Gasteiger charge is -2.25. The van der Waals surface area contributed by atoms with Gasteiger partial charge in [-0.15, -0.1) is 0 Å². The van der Waals surface area contributed by atoms with Crippen molar-refractivity contribution in [2.24, 2.45) is 11.7 Å². The fourth-order valence-electron chi connectivity index (χ4n) is 4.16. The molecular weight excluding hydrogens is 538 g/mol. The number of thioether (sulfide) groups is 1. The summed E-state index contributed by atoms with van der Waals surface area (Å²) in [5, 5.41) is 27.2. The molecule has 1 aromatic carbocycles. The predicted molar refractivity (Wildman–Crippen MR) is 153 cm³/mol. The van der Waals surface area contributed by atoms with Gasteiger partial charge in [0.25, 0.3) is 0 Å². The first-order chi connectivity index (χ1) is 18.9. The SMILES string of the molecule is CSCCC(N)C(=O)NC(Cc1c[nH]c2ccccc12)C(=O)NC(CCC(=O)O)C(=O)NC(CC(C)C)C(=O)O. The van der Waals surface area contributed by atoms with Crippen molar-refractivity contribution >= 4 is 52.3 Å². The van der Waals surface area contributed by atoms with Crippen molar-refractivity contribution in [3.8, 4) is 0 Å². The number of aliphatic carboxylic acids is 2. The highest BCUT2D eigenvalue weighted by atomic mass is 32.2. The first-order valence-corrected chi connectivity index (χ1v) is 14.5. The average Bonchev–Trinajstić information content (AvgIpc) is 3.30. The molecule has 220 valence electrons. The maximum atomic E-state index is 13.5. The van der Waals surface area contributed by atoms with Crippen LogP contribution in [-0.2, 0) is 30.4 Å². The van der Waals surface area contributed by atoms with E-state index in [0.29, 0.717) is 12.2 Å². The van der Waals surface area contributed by atoms with Crippen LogP contribution in [0.15, 0.2) is 30.5 Å². The molecule has 1 heterocycles. The van der Waals surface area contributed by atoms with Crippen LogP contribution >= 0.6 is 11.8 Å². The molecule has 0 saturated heterocycles. The van der Waals surface area contributed by atoms with E-state index in [1.54, 1.807) is 20.0 Å². The van der Waals surface area contributed by atoms with E-state index < -0.39 is 60.2 Å². The summed E-state index contributed by atoms with van der Waals surface area (Å²) in [5.41, 5.74) is 7.60. The van der Waals surface area contributed by atoms with Gasteiger partial charge in [0, 0.05) is 29.9 Å². The van der Waals surface area contributed by atoms with Gasteiger partial charge in [-0.3, -0.25) is 19.2 Å². The van der Waals surface area contributed by atoms with Gasteiger partial charge in [0.1, 0.15) is 18.1 Å². The maximum absolute atomic E-state index is 13.5. The topological polar surface area (TPSA) is 204 Å². The van der Waals surface area contributed by atoms with E-state index in [-0.39, 0.29) is 25.2 Å². The number of hydrogen-bond acceptors (Lipinski definition) is 7. The van der Waals surface area contributed by atoms with E-state index >= 15 is 0 Å². The Morgan fingerprint density at radius 1 is 0.925 bits per heavy atom. The number of benzene rings is 1. The molecule has 2 rings (SSSR count). The van der Waals surface area contributed by atoms with Crippen LogP contribution in [0.4, 0.5) is 0 Å². The summed E-state index contributed by atoms with van der Waals surface area (Å²) >= 11 is 1.53. The minimum absolute atomic E-state index is 0.0421. The van der Waals surface area contributed by atoms with Gasteiger partial charge < -0.3 is 36.9 Å². The van der Waals surface area contributed by atoms with Crippen molar-refractivity contribution < 1.29 is 34.2 Å². The third-order valence-corrected chi connectivity index (χ3v) is 6.95. The van der Waals surface area contributed by atoms with Crippen molar-refractivity contribution in [1.29, 1.82) is 0 Å². The monoisotopic (exact) mass is 577 g/mol. The van der Waals surface area contributed by atoms with Gasteiger partial charge in [-0.05, 0) is 48.8 Å². The molecule has 12 nitrogen and oxygen atoms in total. The first kappa shape index (κ1) is 32.6. The standard InChI is InChI=1S/C27H39N5O7S/c1-15(2)12-22(27(38)39)32-25(36)20(8-9-23(33)34)30-26(37)21(31-24(35)18(28)10-11-40-3)13-16-14-29-19-7-5-4-6-17(16)19/h4-7,14-15,18,20-22,29H,8-13,28H2,1-3H3,(H,30,37)(H,31,35)(H,32,36)(H,33,34)(H,38,39). The van der Waals surface area contributed by atoms with Gasteiger partial charge in [-0.25, -0.2) is 4.79 Å². The molecule has 2 aromatic rings. The number of carbonyl (C=O) groups is 5. The molecule has 0 fully saturated rings. The molecule has 4 unspecified atom stereocenters. The van der Waals surface area contributed by atoms with Gasteiger partial charge in [-0.2, -0.15) is 11.8 Å². The number of hydrogen-bond donors (Lipinski definition) is 7.